The Kier molecular flexibility index (Phi) is 5.34. The number of nitrogens with zero attached hydrogens (tertiary/aromatic N) is 2. The second-order valence-corrected chi connectivity index (χ2v) is 8.27. The average Bonchev–Trinajstić information content (AvgIpc) is 3.20. The highest BCUT2D eigenvalue weighted by Crippen LogP contribution is 2.32. The maximum Gasteiger partial charge on any atom is 0.278 e. The van der Waals surface area contributed by atoms with Crippen molar-refractivity contribution in [2.24, 2.45) is 4.99 Å². The van der Waals surface area contributed by atoms with Crippen molar-refractivity contribution in [2.75, 3.05) is 4.90 Å². The largest absolute Gasteiger partial charge is 0.321 e. The van der Waals surface area contributed by atoms with Gasteiger partial charge in [0.25, 0.3) is 5.91 Å². The van der Waals surface area contributed by atoms with Crippen LogP contribution in [0.25, 0.3) is 11.1 Å². The number of anilines is 1. The lowest BCUT2D eigenvalue weighted by Gasteiger charge is -2.20. The zero-order chi connectivity index (χ0) is 22.1. The minimum Gasteiger partial charge on any atom is -0.321 e. The van der Waals surface area contributed by atoms with Crippen molar-refractivity contribution in [3.8, 4) is 11.1 Å². The van der Waals surface area contributed by atoms with E-state index in [1.807, 2.05) is 90.7 Å². The van der Waals surface area contributed by atoms with Gasteiger partial charge in [0.1, 0.15) is 5.84 Å². The third-order valence-electron chi connectivity index (χ3n) is 5.76. The van der Waals surface area contributed by atoms with Gasteiger partial charge in [-0.25, -0.2) is 0 Å². The number of fused-ring (bicyclic) bond motifs is 1. The summed E-state index contributed by atoms with van der Waals surface area (Å²) >= 11 is 6.38. The number of amidine groups is 1. The first-order chi connectivity index (χ1) is 15.6. The van der Waals surface area contributed by atoms with E-state index in [1.54, 1.807) is 0 Å². The van der Waals surface area contributed by atoms with Gasteiger partial charge in [0, 0.05) is 21.8 Å². The van der Waals surface area contributed by atoms with E-state index in [2.05, 4.69) is 23.2 Å². The summed E-state index contributed by atoms with van der Waals surface area (Å²) in [6.07, 6.45) is 0. The Morgan fingerprint density at radius 1 is 0.844 bits per heavy atom. The molecular weight excluding hydrogens is 416 g/mol. The van der Waals surface area contributed by atoms with Crippen molar-refractivity contribution in [1.29, 1.82) is 0 Å². The van der Waals surface area contributed by atoms with Crippen molar-refractivity contribution < 1.29 is 4.79 Å². The molecule has 4 aromatic rings. The summed E-state index contributed by atoms with van der Waals surface area (Å²) in [6, 6.07) is 31.7. The minimum atomic E-state index is -0.264. The highest BCUT2D eigenvalue weighted by molar-refractivity contribution is 6.31. The van der Waals surface area contributed by atoms with Crippen LogP contribution in [-0.2, 0) is 6.54 Å². The molecule has 1 aliphatic heterocycles. The average molecular weight is 437 g/mol. The molecule has 156 valence electrons. The van der Waals surface area contributed by atoms with Crippen molar-refractivity contribution in [1.82, 2.24) is 0 Å². The van der Waals surface area contributed by atoms with Crippen LogP contribution < -0.4 is 4.90 Å². The summed E-state index contributed by atoms with van der Waals surface area (Å²) in [5.74, 6) is 0.386. The van der Waals surface area contributed by atoms with Gasteiger partial charge in [-0.15, -0.1) is 0 Å². The molecule has 0 saturated heterocycles. The van der Waals surface area contributed by atoms with Crippen LogP contribution in [0, 0.1) is 6.92 Å². The van der Waals surface area contributed by atoms with Crippen LogP contribution in [0.5, 0.6) is 0 Å². The van der Waals surface area contributed by atoms with Gasteiger partial charge in [-0.2, -0.15) is 4.99 Å². The number of hydrogen-bond acceptors (Lipinski definition) is 1. The molecule has 0 aromatic heterocycles. The highest BCUT2D eigenvalue weighted by Gasteiger charge is 2.27. The molecule has 0 fully saturated rings. The maximum atomic E-state index is 13.1. The number of aryl methyl sites for hydroxylation is 1. The lowest BCUT2D eigenvalue weighted by molar-refractivity contribution is 0.100. The molecule has 32 heavy (non-hydrogen) atoms. The first-order valence-electron chi connectivity index (χ1n) is 10.5. The standard InChI is InChI=1S/C28H21ClN2O/c1-19-11-16-24(17-26(19)29)31-18-23-9-5-6-10-25(23)27(31)30-28(32)22-14-12-21(13-15-22)20-7-3-2-4-8-20/h2-17H,18H2,1H3. The van der Waals surface area contributed by atoms with Crippen molar-refractivity contribution in [3.63, 3.8) is 0 Å². The van der Waals surface area contributed by atoms with Gasteiger partial charge in [-0.1, -0.05) is 84.4 Å². The van der Waals surface area contributed by atoms with E-state index in [-0.39, 0.29) is 5.91 Å². The Hall–Kier alpha value is -3.69. The quantitative estimate of drug-likeness (QED) is 0.349. The summed E-state index contributed by atoms with van der Waals surface area (Å²) in [6.45, 7) is 2.62. The fourth-order valence-electron chi connectivity index (χ4n) is 3.95. The monoisotopic (exact) mass is 436 g/mol. The van der Waals surface area contributed by atoms with Crippen LogP contribution in [0.2, 0.25) is 5.02 Å². The Balaban J connectivity index is 1.50. The number of rotatable bonds is 3. The number of carbonyl (C=O) groups excluding carboxylic acids is 1. The molecule has 1 amide bonds. The third-order valence-corrected chi connectivity index (χ3v) is 6.16. The highest BCUT2D eigenvalue weighted by atomic mass is 35.5. The molecule has 0 radical (unpaired) electrons. The first-order valence-corrected chi connectivity index (χ1v) is 10.9. The van der Waals surface area contributed by atoms with Gasteiger partial charge in [0.2, 0.25) is 0 Å². The van der Waals surface area contributed by atoms with Gasteiger partial charge in [0.05, 0.1) is 6.54 Å². The van der Waals surface area contributed by atoms with E-state index in [1.165, 1.54) is 0 Å². The van der Waals surface area contributed by atoms with Gasteiger partial charge in [-0.05, 0) is 53.4 Å². The van der Waals surface area contributed by atoms with Crippen LogP contribution in [0.4, 0.5) is 5.69 Å². The van der Waals surface area contributed by atoms with Crippen LogP contribution in [0.15, 0.2) is 102 Å². The van der Waals surface area contributed by atoms with Crippen LogP contribution in [0.1, 0.15) is 27.0 Å². The van der Waals surface area contributed by atoms with Gasteiger partial charge >= 0.3 is 0 Å². The maximum absolute atomic E-state index is 13.1. The fraction of sp³-hybridized carbons (Fsp3) is 0.0714. The fourth-order valence-corrected chi connectivity index (χ4v) is 4.12. The van der Waals surface area contributed by atoms with E-state index < -0.39 is 0 Å². The van der Waals surface area contributed by atoms with E-state index >= 15 is 0 Å². The van der Waals surface area contributed by atoms with Crippen LogP contribution in [-0.4, -0.2) is 11.7 Å². The molecule has 0 bridgehead atoms. The zero-order valence-electron chi connectivity index (χ0n) is 17.6. The van der Waals surface area contributed by atoms with Crippen molar-refractivity contribution >= 4 is 29.0 Å². The lowest BCUT2D eigenvalue weighted by atomic mass is 10.0. The number of carbonyl (C=O) groups is 1. The predicted molar refractivity (Wildman–Crippen MR) is 132 cm³/mol. The molecule has 4 aromatic carbocycles. The van der Waals surface area contributed by atoms with Crippen molar-refractivity contribution in [3.05, 3.63) is 124 Å². The van der Waals surface area contributed by atoms with Gasteiger partial charge in [0.15, 0.2) is 0 Å². The first kappa shape index (κ1) is 20.2. The van der Waals surface area contributed by atoms with Crippen LogP contribution in [0.3, 0.4) is 0 Å². The molecule has 0 saturated carbocycles. The molecule has 0 atom stereocenters. The number of hydrogen-bond donors (Lipinski definition) is 0. The number of amides is 1. The minimum absolute atomic E-state index is 0.264. The summed E-state index contributed by atoms with van der Waals surface area (Å²) in [4.78, 5) is 19.7. The summed E-state index contributed by atoms with van der Waals surface area (Å²) in [7, 11) is 0. The Morgan fingerprint density at radius 3 is 2.28 bits per heavy atom. The third kappa shape index (κ3) is 3.83. The topological polar surface area (TPSA) is 32.7 Å². The summed E-state index contributed by atoms with van der Waals surface area (Å²) < 4.78 is 0. The number of halogens is 1. The molecule has 0 unspecified atom stereocenters. The van der Waals surface area contributed by atoms with Crippen LogP contribution >= 0.6 is 11.6 Å². The molecule has 5 rings (SSSR count). The second-order valence-electron chi connectivity index (χ2n) is 7.86. The molecule has 0 spiro atoms. The summed E-state index contributed by atoms with van der Waals surface area (Å²) in [5, 5.41) is 0.695. The van der Waals surface area contributed by atoms with E-state index in [0.717, 1.165) is 33.5 Å². The van der Waals surface area contributed by atoms with Gasteiger partial charge < -0.3 is 4.90 Å². The summed E-state index contributed by atoms with van der Waals surface area (Å²) in [5.41, 5.74) is 6.78. The van der Waals surface area contributed by atoms with E-state index in [4.69, 9.17) is 11.6 Å². The molecule has 4 heteroatoms. The van der Waals surface area contributed by atoms with Gasteiger partial charge in [-0.3, -0.25) is 4.79 Å². The Morgan fingerprint density at radius 2 is 1.53 bits per heavy atom. The number of benzene rings is 4. The normalized spacial score (nSPS) is 13.9. The number of aliphatic imine (C=N–C) groups is 1. The van der Waals surface area contributed by atoms with E-state index in [9.17, 15) is 4.79 Å². The Labute approximate surface area is 192 Å². The predicted octanol–water partition coefficient (Wildman–Crippen LogP) is 6.92. The molecular formula is C28H21ClN2O. The molecule has 3 nitrogen and oxygen atoms in total. The molecule has 0 aliphatic carbocycles. The lowest BCUT2D eigenvalue weighted by Crippen LogP contribution is -2.25. The van der Waals surface area contributed by atoms with Crippen molar-refractivity contribution in [2.45, 2.75) is 13.5 Å². The SMILES string of the molecule is Cc1ccc(N2Cc3ccccc3C2=NC(=O)c2ccc(-c3ccccc3)cc2)cc1Cl. The molecule has 1 aliphatic rings. The zero-order valence-corrected chi connectivity index (χ0v) is 18.4. The second kappa shape index (κ2) is 8.45. The smallest absolute Gasteiger partial charge is 0.278 e. The molecule has 0 N–H and O–H groups in total. The Bertz CT molecular complexity index is 1330. The van der Waals surface area contributed by atoms with E-state index in [0.29, 0.717) is 23.0 Å². The molecule has 1 heterocycles.